The van der Waals surface area contributed by atoms with E-state index in [2.05, 4.69) is 21.1 Å². The van der Waals surface area contributed by atoms with Crippen molar-refractivity contribution in [1.82, 2.24) is 0 Å². The molecule has 2 heterocycles. The molecule has 3 rings (SSSR count). The van der Waals surface area contributed by atoms with E-state index >= 15 is 0 Å². The minimum absolute atomic E-state index is 0. The molecule has 0 aromatic heterocycles. The van der Waals surface area contributed by atoms with Crippen molar-refractivity contribution in [3.63, 3.8) is 0 Å². The summed E-state index contributed by atoms with van der Waals surface area (Å²) in [5.74, 6) is 0.533. The van der Waals surface area contributed by atoms with E-state index in [0.29, 0.717) is 39.5 Å². The van der Waals surface area contributed by atoms with Crippen LogP contribution in [-0.2, 0) is 16.1 Å². The summed E-state index contributed by atoms with van der Waals surface area (Å²) in [5, 5.41) is 14.4. The molecule has 2 aliphatic heterocycles. The van der Waals surface area contributed by atoms with Crippen LogP contribution in [0.1, 0.15) is 12.0 Å². The zero-order valence-corrected chi connectivity index (χ0v) is 17.0. The van der Waals surface area contributed by atoms with Gasteiger partial charge in [-0.2, -0.15) is 0 Å². The number of aliphatic carboxylic acids is 1. The van der Waals surface area contributed by atoms with Crippen LogP contribution in [0.3, 0.4) is 0 Å². The zero-order chi connectivity index (χ0) is 16.6. The molecule has 0 spiro atoms. The van der Waals surface area contributed by atoms with Gasteiger partial charge in [-0.3, -0.25) is 0 Å². The summed E-state index contributed by atoms with van der Waals surface area (Å²) < 4.78 is 22.3. The van der Waals surface area contributed by atoms with E-state index in [1.54, 1.807) is 0 Å². The Bertz CT molecular complexity index is 694. The molecule has 10 heteroatoms. The smallest absolute Gasteiger partial charge is 0.543 e. The van der Waals surface area contributed by atoms with E-state index in [1.807, 2.05) is 0 Å². The number of oxime groups is 1. The first-order valence-electron chi connectivity index (χ1n) is 6.72. The first kappa shape index (κ1) is 19.2. The van der Waals surface area contributed by atoms with Crippen LogP contribution in [0.5, 0.6) is 23.0 Å². The Morgan fingerprint density at radius 3 is 2.46 bits per heavy atom. The van der Waals surface area contributed by atoms with Crippen molar-refractivity contribution in [2.45, 2.75) is 18.9 Å². The molecule has 0 radical (unpaired) electrons. The fourth-order valence-corrected chi connectivity index (χ4v) is 3.24. The van der Waals surface area contributed by atoms with Gasteiger partial charge in [0.2, 0.25) is 18.3 Å². The third kappa shape index (κ3) is 3.30. The van der Waals surface area contributed by atoms with Crippen LogP contribution in [0.25, 0.3) is 0 Å². The quantitative estimate of drug-likeness (QED) is 0.501. The first-order valence-corrected chi connectivity index (χ1v) is 7.52. The standard InChI is InChI=1S/C14H14BrNO7.Na/c1-19-10-7(3-6-4-8(14(17)18)16-23-6)9(15)11(20-2)13-12(10)21-5-22-13;/h6H,3-5H2,1-2H3,(H,17,18);/q;+1/p-1. The number of nitrogens with zero attached hydrogens (tertiary/aromatic N) is 1. The molecule has 1 unspecified atom stereocenters. The third-order valence-corrected chi connectivity index (χ3v) is 4.41. The van der Waals surface area contributed by atoms with E-state index in [0.717, 1.165) is 0 Å². The Morgan fingerprint density at radius 2 is 1.92 bits per heavy atom. The van der Waals surface area contributed by atoms with Crippen molar-refractivity contribution in [3.8, 4) is 23.0 Å². The molecule has 0 aliphatic carbocycles. The average molecular weight is 410 g/mol. The van der Waals surface area contributed by atoms with Crippen molar-refractivity contribution in [2.24, 2.45) is 5.16 Å². The molecule has 0 amide bonds. The molecule has 2 aliphatic rings. The predicted octanol–water partition coefficient (Wildman–Crippen LogP) is -2.36. The Labute approximate surface area is 168 Å². The summed E-state index contributed by atoms with van der Waals surface area (Å²) in [6, 6.07) is 0. The summed E-state index contributed by atoms with van der Waals surface area (Å²) in [6.45, 7) is 0.0653. The minimum atomic E-state index is -1.33. The second-order valence-corrected chi connectivity index (χ2v) is 5.68. The summed E-state index contributed by atoms with van der Waals surface area (Å²) in [7, 11) is 3.03. The van der Waals surface area contributed by atoms with E-state index in [1.165, 1.54) is 14.2 Å². The molecule has 0 saturated carbocycles. The van der Waals surface area contributed by atoms with Crippen LogP contribution >= 0.6 is 15.9 Å². The topological polar surface area (TPSA) is 98.6 Å². The van der Waals surface area contributed by atoms with Crippen molar-refractivity contribution >= 4 is 27.6 Å². The minimum Gasteiger partial charge on any atom is -0.543 e. The van der Waals surface area contributed by atoms with Gasteiger partial charge in [0.25, 0.3) is 0 Å². The van der Waals surface area contributed by atoms with Gasteiger partial charge in [-0.05, 0) is 15.9 Å². The van der Waals surface area contributed by atoms with Crippen molar-refractivity contribution in [2.75, 3.05) is 21.0 Å². The van der Waals surface area contributed by atoms with Crippen LogP contribution < -0.4 is 53.6 Å². The number of fused-ring (bicyclic) bond motifs is 1. The number of ether oxygens (including phenoxy) is 4. The maximum Gasteiger partial charge on any atom is 1.00 e. The number of rotatable bonds is 5. The fraction of sp³-hybridized carbons (Fsp3) is 0.429. The van der Waals surface area contributed by atoms with Gasteiger partial charge in [0, 0.05) is 18.4 Å². The van der Waals surface area contributed by atoms with Crippen LogP contribution in [0, 0.1) is 0 Å². The maximum atomic E-state index is 10.8. The molecule has 0 bridgehead atoms. The number of carboxylic acids is 1. The van der Waals surface area contributed by atoms with Gasteiger partial charge in [-0.25, -0.2) is 0 Å². The van der Waals surface area contributed by atoms with Gasteiger partial charge in [0.15, 0.2) is 11.5 Å². The van der Waals surface area contributed by atoms with Crippen LogP contribution in [0.4, 0.5) is 0 Å². The van der Waals surface area contributed by atoms with Crippen molar-refractivity contribution in [1.29, 1.82) is 0 Å². The van der Waals surface area contributed by atoms with Crippen molar-refractivity contribution in [3.05, 3.63) is 10.0 Å². The van der Waals surface area contributed by atoms with Gasteiger partial charge in [0.1, 0.15) is 11.8 Å². The Balaban J connectivity index is 0.00000208. The maximum absolute atomic E-state index is 10.8. The molecular formula is C14H13BrNNaO7. The Hall–Kier alpha value is -1.16. The Kier molecular flexibility index (Phi) is 6.24. The molecule has 0 N–H and O–H groups in total. The van der Waals surface area contributed by atoms with Gasteiger partial charge >= 0.3 is 29.6 Å². The second-order valence-electron chi connectivity index (χ2n) is 4.88. The molecule has 1 aromatic carbocycles. The Morgan fingerprint density at radius 1 is 1.29 bits per heavy atom. The van der Waals surface area contributed by atoms with Crippen LogP contribution in [0.15, 0.2) is 9.63 Å². The number of benzene rings is 1. The third-order valence-electron chi connectivity index (χ3n) is 3.57. The molecular weight excluding hydrogens is 397 g/mol. The number of carbonyl (C=O) groups excluding carboxylic acids is 1. The summed E-state index contributed by atoms with van der Waals surface area (Å²) in [5.41, 5.74) is 0.603. The average Bonchev–Trinajstić information content (AvgIpc) is 3.17. The number of methoxy groups -OCH3 is 2. The molecule has 0 saturated heterocycles. The molecule has 0 fully saturated rings. The van der Waals surface area contributed by atoms with E-state index in [4.69, 9.17) is 23.8 Å². The molecule has 124 valence electrons. The summed E-state index contributed by atoms with van der Waals surface area (Å²) in [6.07, 6.45) is 0.0457. The predicted molar refractivity (Wildman–Crippen MR) is 79.0 cm³/mol. The van der Waals surface area contributed by atoms with E-state index in [-0.39, 0.29) is 48.5 Å². The first-order chi connectivity index (χ1) is 11.1. The molecule has 1 atom stereocenters. The van der Waals surface area contributed by atoms with E-state index < -0.39 is 12.1 Å². The zero-order valence-electron chi connectivity index (χ0n) is 13.4. The summed E-state index contributed by atoms with van der Waals surface area (Å²) >= 11 is 3.48. The normalized spacial score (nSPS) is 17.6. The van der Waals surface area contributed by atoms with Crippen molar-refractivity contribution < 1.29 is 63.2 Å². The number of hydrogen-bond acceptors (Lipinski definition) is 8. The number of halogens is 1. The number of hydrogen-bond donors (Lipinski definition) is 0. The van der Waals surface area contributed by atoms with Gasteiger partial charge < -0.3 is 33.7 Å². The SMILES string of the molecule is COc1c(Br)c(CC2CC(C(=O)[O-])=NO2)c(OC)c2c1OCO2.[Na+]. The second kappa shape index (κ2) is 7.81. The monoisotopic (exact) mass is 409 g/mol. The van der Waals surface area contributed by atoms with E-state index in [9.17, 15) is 9.90 Å². The van der Waals surface area contributed by atoms with Crippen LogP contribution in [-0.4, -0.2) is 38.8 Å². The van der Waals surface area contributed by atoms with Crippen LogP contribution in [0.2, 0.25) is 0 Å². The molecule has 24 heavy (non-hydrogen) atoms. The largest absolute Gasteiger partial charge is 1.00 e. The summed E-state index contributed by atoms with van der Waals surface area (Å²) in [4.78, 5) is 16.0. The van der Waals surface area contributed by atoms with Gasteiger partial charge in [0.05, 0.1) is 24.7 Å². The number of carboxylic acid groups (broad SMARTS) is 1. The number of carbonyl (C=O) groups is 1. The molecule has 1 aromatic rings. The fourth-order valence-electron chi connectivity index (χ4n) is 2.56. The molecule has 8 nitrogen and oxygen atoms in total. The van der Waals surface area contributed by atoms with Gasteiger partial charge in [-0.1, -0.05) is 5.16 Å². The van der Waals surface area contributed by atoms with Gasteiger partial charge in [-0.15, -0.1) is 0 Å².